The third kappa shape index (κ3) is 4.79. The van der Waals surface area contributed by atoms with Gasteiger partial charge in [-0.15, -0.1) is 0 Å². The molecule has 1 heterocycles. The van der Waals surface area contributed by atoms with Crippen LogP contribution in [0.15, 0.2) is 71.4 Å². The summed E-state index contributed by atoms with van der Waals surface area (Å²) in [6, 6.07) is 17.4. The number of amides is 1. The number of hydrogen-bond donors (Lipinski definition) is 0. The van der Waals surface area contributed by atoms with Gasteiger partial charge in [0, 0.05) is 12.2 Å². The van der Waals surface area contributed by atoms with Crippen molar-refractivity contribution in [2.75, 3.05) is 19.8 Å². The van der Waals surface area contributed by atoms with Crippen molar-refractivity contribution in [1.29, 1.82) is 0 Å². The average Bonchev–Trinajstić information content (AvgIpc) is 2.98. The molecule has 1 amide bonds. The Morgan fingerprint density at radius 3 is 2.33 bits per heavy atom. The van der Waals surface area contributed by atoms with Crippen LogP contribution in [0.3, 0.4) is 0 Å². The molecule has 1 aliphatic heterocycles. The summed E-state index contributed by atoms with van der Waals surface area (Å²) in [5.74, 6) is 0.113. The summed E-state index contributed by atoms with van der Waals surface area (Å²) in [7, 11) is 0. The number of carbonyl (C=O) groups excluding carboxylic acids is 2. The zero-order chi connectivity index (χ0) is 21.5. The van der Waals surface area contributed by atoms with E-state index in [9.17, 15) is 9.59 Å². The largest absolute Gasteiger partial charge is 0.494 e. The van der Waals surface area contributed by atoms with E-state index >= 15 is 0 Å². The van der Waals surface area contributed by atoms with Crippen molar-refractivity contribution in [3.8, 4) is 5.75 Å². The molecule has 3 rings (SSSR count). The van der Waals surface area contributed by atoms with Crippen LogP contribution < -0.4 is 4.74 Å². The Morgan fingerprint density at radius 2 is 1.70 bits per heavy atom. The van der Waals surface area contributed by atoms with E-state index in [-0.39, 0.29) is 12.5 Å². The first kappa shape index (κ1) is 21.4. The van der Waals surface area contributed by atoms with Crippen molar-refractivity contribution in [1.82, 2.24) is 4.90 Å². The van der Waals surface area contributed by atoms with Gasteiger partial charge in [0.1, 0.15) is 5.75 Å². The van der Waals surface area contributed by atoms with Crippen molar-refractivity contribution in [2.24, 2.45) is 0 Å². The van der Waals surface area contributed by atoms with Gasteiger partial charge in [0.2, 0.25) is 0 Å². The van der Waals surface area contributed by atoms with Gasteiger partial charge in [-0.25, -0.2) is 4.79 Å². The van der Waals surface area contributed by atoms with E-state index < -0.39 is 5.97 Å². The minimum atomic E-state index is -0.470. The number of esters is 1. The summed E-state index contributed by atoms with van der Waals surface area (Å²) >= 11 is 0. The molecule has 0 aliphatic carbocycles. The maximum atomic E-state index is 13.2. The molecular formula is C25H27NO4. The fraction of sp³-hybridized carbons (Fsp3) is 0.280. The molecule has 156 valence electrons. The molecule has 1 aliphatic rings. The van der Waals surface area contributed by atoms with Crippen molar-refractivity contribution in [2.45, 2.75) is 27.2 Å². The lowest BCUT2D eigenvalue weighted by Crippen LogP contribution is -2.27. The van der Waals surface area contributed by atoms with E-state index in [2.05, 4.69) is 0 Å². The van der Waals surface area contributed by atoms with Crippen molar-refractivity contribution >= 4 is 18.0 Å². The first-order valence-electron chi connectivity index (χ1n) is 10.2. The van der Waals surface area contributed by atoms with Gasteiger partial charge in [0.15, 0.2) is 0 Å². The summed E-state index contributed by atoms with van der Waals surface area (Å²) in [6.07, 6.45) is 2.45. The lowest BCUT2D eigenvalue weighted by molar-refractivity contribution is -0.138. The lowest BCUT2D eigenvalue weighted by atomic mass is 10.0. The molecule has 5 heteroatoms. The number of nitrogens with zero attached hydrogens (tertiary/aromatic N) is 1. The summed E-state index contributed by atoms with van der Waals surface area (Å²) < 4.78 is 10.7. The van der Waals surface area contributed by atoms with Gasteiger partial charge < -0.3 is 14.4 Å². The first-order chi connectivity index (χ1) is 14.5. The van der Waals surface area contributed by atoms with Crippen LogP contribution in [0.4, 0.5) is 0 Å². The molecule has 0 N–H and O–H groups in total. The molecule has 0 radical (unpaired) electrons. The van der Waals surface area contributed by atoms with Crippen molar-refractivity contribution in [3.63, 3.8) is 0 Å². The predicted molar refractivity (Wildman–Crippen MR) is 117 cm³/mol. The molecule has 0 atom stereocenters. The van der Waals surface area contributed by atoms with Crippen LogP contribution in [-0.4, -0.2) is 36.5 Å². The summed E-state index contributed by atoms with van der Waals surface area (Å²) in [5, 5.41) is 0. The minimum Gasteiger partial charge on any atom is -0.494 e. The third-order valence-corrected chi connectivity index (χ3v) is 4.96. The highest BCUT2D eigenvalue weighted by molar-refractivity contribution is 6.16. The Kier molecular flexibility index (Phi) is 7.07. The molecular weight excluding hydrogens is 378 g/mol. The second-order valence-corrected chi connectivity index (χ2v) is 6.93. The van der Waals surface area contributed by atoms with Crippen molar-refractivity contribution < 1.29 is 19.1 Å². The standard InChI is InChI=1S/C25H27NO4/c1-4-29-21-13-11-20(12-14-21)17-22-23(25(28)30-5-2)18(3)26(24(22)27)16-15-19-9-7-6-8-10-19/h6-14,17H,4-5,15-16H2,1-3H3/b22-17-. The van der Waals surface area contributed by atoms with E-state index in [1.807, 2.05) is 61.5 Å². The van der Waals surface area contributed by atoms with Crippen molar-refractivity contribution in [3.05, 3.63) is 82.6 Å². The molecule has 30 heavy (non-hydrogen) atoms. The number of ether oxygens (including phenoxy) is 2. The fourth-order valence-corrected chi connectivity index (χ4v) is 3.48. The first-order valence-corrected chi connectivity index (χ1v) is 10.2. The molecule has 0 aromatic heterocycles. The SMILES string of the molecule is CCOC(=O)C1=C(C)N(CCc2ccccc2)C(=O)/C1=C\c1ccc(OCC)cc1. The third-order valence-electron chi connectivity index (χ3n) is 4.96. The highest BCUT2D eigenvalue weighted by atomic mass is 16.5. The Hall–Kier alpha value is -3.34. The number of allylic oxidation sites excluding steroid dienone is 1. The van der Waals surface area contributed by atoms with Gasteiger partial charge in [-0.1, -0.05) is 42.5 Å². The van der Waals surface area contributed by atoms with E-state index in [1.165, 1.54) is 0 Å². The van der Waals surface area contributed by atoms with Gasteiger partial charge in [0.05, 0.1) is 24.4 Å². The van der Waals surface area contributed by atoms with Crippen LogP contribution in [0.5, 0.6) is 5.75 Å². The van der Waals surface area contributed by atoms with Gasteiger partial charge in [0.25, 0.3) is 5.91 Å². The molecule has 0 fully saturated rings. The predicted octanol–water partition coefficient (Wildman–Crippen LogP) is 4.39. The van der Waals surface area contributed by atoms with Crippen LogP contribution in [0.2, 0.25) is 0 Å². The highest BCUT2D eigenvalue weighted by Crippen LogP contribution is 2.32. The van der Waals surface area contributed by atoms with E-state index in [1.54, 1.807) is 24.8 Å². The average molecular weight is 405 g/mol. The van der Waals surface area contributed by atoms with Gasteiger partial charge in [-0.05, 0) is 56.5 Å². The van der Waals surface area contributed by atoms with E-state index in [0.29, 0.717) is 36.4 Å². The van der Waals surface area contributed by atoms with Crippen LogP contribution in [0.1, 0.15) is 31.9 Å². The molecule has 2 aromatic rings. The highest BCUT2D eigenvalue weighted by Gasteiger charge is 2.36. The van der Waals surface area contributed by atoms with E-state index in [0.717, 1.165) is 16.9 Å². The second-order valence-electron chi connectivity index (χ2n) is 6.93. The topological polar surface area (TPSA) is 55.8 Å². The lowest BCUT2D eigenvalue weighted by Gasteiger charge is -2.17. The summed E-state index contributed by atoms with van der Waals surface area (Å²) in [4.78, 5) is 27.5. The zero-order valence-corrected chi connectivity index (χ0v) is 17.7. The Labute approximate surface area is 177 Å². The van der Waals surface area contributed by atoms with E-state index in [4.69, 9.17) is 9.47 Å². The quantitative estimate of drug-likeness (QED) is 0.483. The molecule has 0 saturated carbocycles. The Morgan fingerprint density at radius 1 is 1.00 bits per heavy atom. The number of benzene rings is 2. The fourth-order valence-electron chi connectivity index (χ4n) is 3.48. The number of rotatable bonds is 8. The second kappa shape index (κ2) is 9.92. The maximum Gasteiger partial charge on any atom is 0.340 e. The smallest absolute Gasteiger partial charge is 0.340 e. The number of carbonyl (C=O) groups is 2. The van der Waals surface area contributed by atoms with Crippen LogP contribution >= 0.6 is 0 Å². The van der Waals surface area contributed by atoms with Crippen LogP contribution in [0, 0.1) is 0 Å². The molecule has 2 aromatic carbocycles. The molecule has 0 unspecified atom stereocenters. The zero-order valence-electron chi connectivity index (χ0n) is 17.7. The van der Waals surface area contributed by atoms with Gasteiger partial charge in [-0.3, -0.25) is 4.79 Å². The van der Waals surface area contributed by atoms with Gasteiger partial charge in [-0.2, -0.15) is 0 Å². The molecule has 0 saturated heterocycles. The van der Waals surface area contributed by atoms with Crippen LogP contribution in [-0.2, 0) is 20.7 Å². The van der Waals surface area contributed by atoms with Gasteiger partial charge >= 0.3 is 5.97 Å². The number of hydrogen-bond acceptors (Lipinski definition) is 4. The molecule has 5 nitrogen and oxygen atoms in total. The van der Waals surface area contributed by atoms with Crippen LogP contribution in [0.25, 0.3) is 6.08 Å². The maximum absolute atomic E-state index is 13.2. The summed E-state index contributed by atoms with van der Waals surface area (Å²) in [5.41, 5.74) is 3.29. The Bertz CT molecular complexity index is 958. The minimum absolute atomic E-state index is 0.180. The summed E-state index contributed by atoms with van der Waals surface area (Å²) in [6.45, 7) is 6.82. The Balaban J connectivity index is 1.90. The monoisotopic (exact) mass is 405 g/mol. The molecule has 0 bridgehead atoms. The molecule has 0 spiro atoms. The normalized spacial score (nSPS) is 15.1.